The zero-order valence-electron chi connectivity index (χ0n) is 9.98. The van der Waals surface area contributed by atoms with E-state index in [4.69, 9.17) is 5.73 Å². The molecule has 0 aliphatic carbocycles. The van der Waals surface area contributed by atoms with E-state index >= 15 is 0 Å². The molecule has 0 saturated carbocycles. The van der Waals surface area contributed by atoms with E-state index in [0.717, 1.165) is 0 Å². The van der Waals surface area contributed by atoms with E-state index in [1.54, 1.807) is 13.8 Å². The highest BCUT2D eigenvalue weighted by Crippen LogP contribution is 2.20. The van der Waals surface area contributed by atoms with Crippen LogP contribution in [-0.2, 0) is 9.59 Å². The van der Waals surface area contributed by atoms with Crippen LogP contribution in [-0.4, -0.2) is 44.9 Å². The molecule has 4 N–H and O–H groups in total. The quantitative estimate of drug-likeness (QED) is 0.545. The number of rotatable bonds is 1. The van der Waals surface area contributed by atoms with Crippen molar-refractivity contribution in [2.45, 2.75) is 19.4 Å². The van der Waals surface area contributed by atoms with Crippen molar-refractivity contribution >= 4 is 23.5 Å². The Kier molecular flexibility index (Phi) is 2.57. The minimum absolute atomic E-state index is 0.142. The number of hydrogen-bond acceptors (Lipinski definition) is 5. The van der Waals surface area contributed by atoms with Gasteiger partial charge in [-0.05, 0) is 13.8 Å². The molecule has 0 bridgehead atoms. The standard InChI is InChI=1S/C10H13N5O3/c1-10(2)9(18)12-7(16)4-15(10)8(17)5-3-6(11)14-13-5/h3H,4H2,1-2H3,(H3,11,13,14)(H,12,16,18). The van der Waals surface area contributed by atoms with Crippen LogP contribution >= 0.6 is 0 Å². The van der Waals surface area contributed by atoms with Crippen LogP contribution in [0.5, 0.6) is 0 Å². The molecule has 8 nitrogen and oxygen atoms in total. The molecular weight excluding hydrogens is 238 g/mol. The largest absolute Gasteiger partial charge is 0.382 e. The monoisotopic (exact) mass is 251 g/mol. The second kappa shape index (κ2) is 3.83. The zero-order valence-corrected chi connectivity index (χ0v) is 9.98. The van der Waals surface area contributed by atoms with Gasteiger partial charge in [0.1, 0.15) is 23.6 Å². The van der Waals surface area contributed by atoms with Crippen LogP contribution in [0.3, 0.4) is 0 Å². The van der Waals surface area contributed by atoms with Crippen molar-refractivity contribution in [1.29, 1.82) is 0 Å². The Morgan fingerprint density at radius 3 is 2.72 bits per heavy atom. The van der Waals surface area contributed by atoms with Gasteiger partial charge in [-0.15, -0.1) is 0 Å². The second-order valence-corrected chi connectivity index (χ2v) is 4.53. The van der Waals surface area contributed by atoms with Gasteiger partial charge in [0.15, 0.2) is 0 Å². The average molecular weight is 251 g/mol. The van der Waals surface area contributed by atoms with Crippen LogP contribution in [0.1, 0.15) is 24.3 Å². The second-order valence-electron chi connectivity index (χ2n) is 4.53. The molecule has 0 spiro atoms. The molecule has 0 atom stereocenters. The average Bonchev–Trinajstić information content (AvgIpc) is 2.70. The highest BCUT2D eigenvalue weighted by molar-refractivity contribution is 6.08. The fourth-order valence-electron chi connectivity index (χ4n) is 1.70. The summed E-state index contributed by atoms with van der Waals surface area (Å²) >= 11 is 0. The molecule has 0 radical (unpaired) electrons. The molecule has 1 saturated heterocycles. The van der Waals surface area contributed by atoms with Crippen molar-refractivity contribution in [1.82, 2.24) is 20.4 Å². The van der Waals surface area contributed by atoms with Gasteiger partial charge in [-0.25, -0.2) is 0 Å². The fourth-order valence-corrected chi connectivity index (χ4v) is 1.70. The summed E-state index contributed by atoms with van der Waals surface area (Å²) < 4.78 is 0. The van der Waals surface area contributed by atoms with Gasteiger partial charge in [-0.1, -0.05) is 0 Å². The van der Waals surface area contributed by atoms with Crippen LogP contribution in [0.25, 0.3) is 0 Å². The summed E-state index contributed by atoms with van der Waals surface area (Å²) in [7, 11) is 0. The number of amides is 3. The normalized spacial score (nSPS) is 18.7. The number of carbonyl (C=O) groups is 3. The molecule has 1 aromatic heterocycles. The zero-order chi connectivity index (χ0) is 13.5. The van der Waals surface area contributed by atoms with Gasteiger partial charge in [0.25, 0.3) is 11.8 Å². The van der Waals surface area contributed by atoms with Crippen LogP contribution in [0.15, 0.2) is 6.07 Å². The topological polar surface area (TPSA) is 121 Å². The Morgan fingerprint density at radius 1 is 1.50 bits per heavy atom. The van der Waals surface area contributed by atoms with Crippen molar-refractivity contribution in [3.05, 3.63) is 11.8 Å². The summed E-state index contributed by atoms with van der Waals surface area (Å²) in [5.41, 5.74) is 4.44. The maximum atomic E-state index is 12.2. The Hall–Kier alpha value is -2.38. The molecule has 2 rings (SSSR count). The van der Waals surface area contributed by atoms with Gasteiger partial charge in [0.2, 0.25) is 5.91 Å². The van der Waals surface area contributed by atoms with Crippen molar-refractivity contribution in [2.24, 2.45) is 0 Å². The summed E-state index contributed by atoms with van der Waals surface area (Å²) in [6.07, 6.45) is 0. The third-order valence-electron chi connectivity index (χ3n) is 2.86. The number of piperazine rings is 1. The molecular formula is C10H13N5O3. The smallest absolute Gasteiger partial charge is 0.273 e. The molecule has 18 heavy (non-hydrogen) atoms. The number of aromatic nitrogens is 2. The summed E-state index contributed by atoms with van der Waals surface area (Å²) in [6, 6.07) is 1.36. The number of imide groups is 1. The number of anilines is 1. The number of carbonyl (C=O) groups excluding carboxylic acids is 3. The first-order valence-corrected chi connectivity index (χ1v) is 5.29. The molecule has 96 valence electrons. The van der Waals surface area contributed by atoms with E-state index in [9.17, 15) is 14.4 Å². The molecule has 3 amide bonds. The summed E-state index contributed by atoms with van der Waals surface area (Å²) in [5.74, 6) is -1.35. The molecule has 1 aromatic rings. The van der Waals surface area contributed by atoms with Gasteiger partial charge < -0.3 is 10.6 Å². The van der Waals surface area contributed by atoms with E-state index in [1.165, 1.54) is 11.0 Å². The Morgan fingerprint density at radius 2 is 2.17 bits per heavy atom. The lowest BCUT2D eigenvalue weighted by molar-refractivity contribution is -0.143. The first-order valence-electron chi connectivity index (χ1n) is 5.29. The van der Waals surface area contributed by atoms with Crippen LogP contribution in [0.4, 0.5) is 5.82 Å². The van der Waals surface area contributed by atoms with Crippen molar-refractivity contribution in [2.75, 3.05) is 12.3 Å². The first kappa shape index (κ1) is 12.1. The summed E-state index contributed by atoms with van der Waals surface area (Å²) in [5, 5.41) is 8.29. The lowest BCUT2D eigenvalue weighted by atomic mass is 9.98. The van der Waals surface area contributed by atoms with Crippen LogP contribution in [0, 0.1) is 0 Å². The fraction of sp³-hybridized carbons (Fsp3) is 0.400. The lowest BCUT2D eigenvalue weighted by Crippen LogP contribution is -2.65. The molecule has 8 heteroatoms. The van der Waals surface area contributed by atoms with E-state index in [1.807, 2.05) is 0 Å². The van der Waals surface area contributed by atoms with Crippen molar-refractivity contribution < 1.29 is 14.4 Å². The van der Waals surface area contributed by atoms with Gasteiger partial charge >= 0.3 is 0 Å². The third-order valence-corrected chi connectivity index (χ3v) is 2.86. The van der Waals surface area contributed by atoms with Gasteiger partial charge in [0.05, 0.1) is 0 Å². The Labute approximate surface area is 103 Å². The SMILES string of the molecule is CC1(C)C(=O)NC(=O)CN1C(=O)c1cc(N)n[nH]1. The van der Waals surface area contributed by atoms with Gasteiger partial charge in [-0.3, -0.25) is 24.8 Å². The highest BCUT2D eigenvalue weighted by atomic mass is 16.2. The van der Waals surface area contributed by atoms with Crippen molar-refractivity contribution in [3.8, 4) is 0 Å². The molecule has 1 aliphatic rings. The highest BCUT2D eigenvalue weighted by Gasteiger charge is 2.44. The van der Waals surface area contributed by atoms with Gasteiger partial charge in [0, 0.05) is 6.07 Å². The molecule has 2 heterocycles. The summed E-state index contributed by atoms with van der Waals surface area (Å²) in [4.78, 5) is 36.4. The number of H-pyrrole nitrogens is 1. The number of nitrogens with two attached hydrogens (primary N) is 1. The Bertz CT molecular complexity index is 533. The lowest BCUT2D eigenvalue weighted by Gasteiger charge is -2.39. The Balaban J connectivity index is 2.33. The number of aromatic amines is 1. The molecule has 1 aliphatic heterocycles. The minimum Gasteiger partial charge on any atom is -0.382 e. The van der Waals surface area contributed by atoms with Crippen molar-refractivity contribution in [3.63, 3.8) is 0 Å². The summed E-state index contributed by atoms with van der Waals surface area (Å²) in [6.45, 7) is 2.94. The number of hydrogen-bond donors (Lipinski definition) is 3. The molecule has 0 aromatic carbocycles. The van der Waals surface area contributed by atoms with E-state index in [0.29, 0.717) is 0 Å². The molecule has 1 fully saturated rings. The predicted octanol–water partition coefficient (Wildman–Crippen LogP) is -1.13. The number of nitrogen functional groups attached to an aromatic ring is 1. The van der Waals surface area contributed by atoms with Gasteiger partial charge in [-0.2, -0.15) is 5.10 Å². The van der Waals surface area contributed by atoms with E-state index in [-0.39, 0.29) is 18.1 Å². The first-order chi connectivity index (χ1) is 8.32. The third kappa shape index (κ3) is 1.81. The minimum atomic E-state index is -1.11. The maximum absolute atomic E-state index is 12.2. The van der Waals surface area contributed by atoms with Crippen LogP contribution in [0.2, 0.25) is 0 Å². The molecule has 0 unspecified atom stereocenters. The number of nitrogens with zero attached hydrogens (tertiary/aromatic N) is 2. The van der Waals surface area contributed by atoms with E-state index in [2.05, 4.69) is 15.5 Å². The van der Waals surface area contributed by atoms with E-state index < -0.39 is 23.3 Å². The maximum Gasteiger partial charge on any atom is 0.273 e. The number of nitrogens with one attached hydrogen (secondary N) is 2. The van der Waals surface area contributed by atoms with Crippen LogP contribution < -0.4 is 11.1 Å². The predicted molar refractivity (Wildman–Crippen MR) is 61.3 cm³/mol.